The van der Waals surface area contributed by atoms with Crippen molar-refractivity contribution >= 4 is 28.4 Å². The van der Waals surface area contributed by atoms with Gasteiger partial charge in [0, 0.05) is 6.42 Å². The number of nitrogens with zero attached hydrogens (tertiary/aromatic N) is 3. The van der Waals surface area contributed by atoms with Crippen LogP contribution in [0.1, 0.15) is 29.2 Å². The van der Waals surface area contributed by atoms with Crippen LogP contribution in [0.2, 0.25) is 0 Å². The summed E-state index contributed by atoms with van der Waals surface area (Å²) in [6, 6.07) is 32.1. The van der Waals surface area contributed by atoms with Crippen molar-refractivity contribution in [2.45, 2.75) is 12.5 Å². The van der Waals surface area contributed by atoms with Crippen LogP contribution in [0, 0.1) is 11.3 Å². The molecule has 7 nitrogen and oxygen atoms in total. The molecule has 182 valence electrons. The molecule has 37 heavy (non-hydrogen) atoms. The summed E-state index contributed by atoms with van der Waals surface area (Å²) >= 11 is 0. The average molecular weight is 490 g/mol. The van der Waals surface area contributed by atoms with Gasteiger partial charge in [0.1, 0.15) is 11.8 Å². The Labute approximate surface area is 214 Å². The van der Waals surface area contributed by atoms with Crippen LogP contribution in [0.5, 0.6) is 5.75 Å². The van der Waals surface area contributed by atoms with Crippen LogP contribution in [0.4, 0.5) is 0 Å². The maximum atomic E-state index is 13.2. The second-order valence-electron chi connectivity index (χ2n) is 8.53. The minimum Gasteiger partial charge on any atom is -0.481 e. The quantitative estimate of drug-likeness (QED) is 0.340. The fraction of sp³-hybridized carbons (Fsp3) is 0.133. The molecular formula is C30H23N3O4. The van der Waals surface area contributed by atoms with Crippen LogP contribution in [-0.2, 0) is 14.3 Å². The highest BCUT2D eigenvalue weighted by molar-refractivity contribution is 6.05. The lowest BCUT2D eigenvalue weighted by Crippen LogP contribution is -2.32. The van der Waals surface area contributed by atoms with Crippen LogP contribution in [0.25, 0.3) is 10.8 Å². The van der Waals surface area contributed by atoms with Gasteiger partial charge in [-0.15, -0.1) is 0 Å². The second kappa shape index (κ2) is 10.8. The number of hydrogen-bond acceptors (Lipinski definition) is 6. The van der Waals surface area contributed by atoms with Gasteiger partial charge in [0.15, 0.2) is 13.2 Å². The first-order valence-electron chi connectivity index (χ1n) is 11.8. The summed E-state index contributed by atoms with van der Waals surface area (Å²) in [7, 11) is 0. The lowest BCUT2D eigenvalue weighted by Gasteiger charge is -2.21. The zero-order valence-electron chi connectivity index (χ0n) is 19.9. The van der Waals surface area contributed by atoms with Crippen molar-refractivity contribution in [2.24, 2.45) is 5.10 Å². The number of nitriles is 1. The van der Waals surface area contributed by atoms with E-state index in [9.17, 15) is 9.59 Å². The third kappa shape index (κ3) is 5.34. The number of fused-ring (bicyclic) bond motifs is 1. The smallest absolute Gasteiger partial charge is 0.344 e. The highest BCUT2D eigenvalue weighted by atomic mass is 16.6. The van der Waals surface area contributed by atoms with E-state index in [1.54, 1.807) is 24.3 Å². The van der Waals surface area contributed by atoms with E-state index in [2.05, 4.69) is 17.2 Å². The summed E-state index contributed by atoms with van der Waals surface area (Å²) in [5, 5.41) is 17.4. The van der Waals surface area contributed by atoms with Crippen LogP contribution in [-0.4, -0.2) is 35.8 Å². The molecule has 1 amide bonds. The van der Waals surface area contributed by atoms with Crippen LogP contribution < -0.4 is 4.74 Å². The number of rotatable bonds is 7. The summed E-state index contributed by atoms with van der Waals surface area (Å²) in [6.07, 6.45) is 0.538. The number of carbonyl (C=O) groups excluding carboxylic acids is 2. The molecule has 0 aromatic heterocycles. The first-order chi connectivity index (χ1) is 18.1. The Balaban J connectivity index is 1.30. The van der Waals surface area contributed by atoms with Gasteiger partial charge in [-0.2, -0.15) is 10.4 Å². The molecule has 7 heteroatoms. The number of para-hydroxylation sites is 1. The number of esters is 1. The number of hydrogen-bond donors (Lipinski definition) is 0. The highest BCUT2D eigenvalue weighted by Crippen LogP contribution is 2.33. The molecular weight excluding hydrogens is 466 g/mol. The molecule has 1 aliphatic rings. The molecule has 1 unspecified atom stereocenters. The van der Waals surface area contributed by atoms with Crippen LogP contribution >= 0.6 is 0 Å². The van der Waals surface area contributed by atoms with Gasteiger partial charge in [-0.05, 0) is 40.1 Å². The molecule has 0 saturated heterocycles. The van der Waals surface area contributed by atoms with Crippen LogP contribution in [0.3, 0.4) is 0 Å². The maximum absolute atomic E-state index is 13.2. The third-order valence-electron chi connectivity index (χ3n) is 6.14. The monoisotopic (exact) mass is 489 g/mol. The highest BCUT2D eigenvalue weighted by Gasteiger charge is 2.33. The molecule has 0 N–H and O–H groups in total. The Hall–Kier alpha value is -4.96. The van der Waals surface area contributed by atoms with Crippen molar-refractivity contribution in [3.05, 3.63) is 114 Å². The SMILES string of the molecule is N#Cc1ccccc1OCC(=O)OCC(=O)N1N=C(c2ccc3ccccc3c2)CC1c1ccccc1. The molecule has 0 saturated carbocycles. The van der Waals surface area contributed by atoms with E-state index in [0.29, 0.717) is 12.0 Å². The number of ether oxygens (including phenoxy) is 2. The normalized spacial score (nSPS) is 14.6. The van der Waals surface area contributed by atoms with Gasteiger partial charge in [0.2, 0.25) is 0 Å². The predicted molar refractivity (Wildman–Crippen MR) is 139 cm³/mol. The third-order valence-corrected chi connectivity index (χ3v) is 6.14. The first-order valence-corrected chi connectivity index (χ1v) is 11.8. The first kappa shape index (κ1) is 23.8. The van der Waals surface area contributed by atoms with Crippen LogP contribution in [0.15, 0.2) is 102 Å². The molecule has 0 aliphatic carbocycles. The molecule has 0 radical (unpaired) electrons. The molecule has 0 spiro atoms. The van der Waals surface area contributed by atoms with Gasteiger partial charge in [-0.1, -0.05) is 78.9 Å². The Kier molecular flexibility index (Phi) is 6.91. The van der Waals surface area contributed by atoms with E-state index in [1.807, 2.05) is 66.7 Å². The summed E-state index contributed by atoms with van der Waals surface area (Å²) in [4.78, 5) is 25.4. The number of amides is 1. The molecule has 4 aromatic carbocycles. The zero-order chi connectivity index (χ0) is 25.6. The summed E-state index contributed by atoms with van der Waals surface area (Å²) < 4.78 is 10.6. The lowest BCUT2D eigenvalue weighted by molar-refractivity contribution is -0.154. The predicted octanol–water partition coefficient (Wildman–Crippen LogP) is 5.01. The largest absolute Gasteiger partial charge is 0.481 e. The Bertz CT molecular complexity index is 1520. The molecule has 0 fully saturated rings. The van der Waals surface area contributed by atoms with Crippen molar-refractivity contribution in [2.75, 3.05) is 13.2 Å². The van der Waals surface area contributed by atoms with Gasteiger partial charge < -0.3 is 9.47 Å². The van der Waals surface area contributed by atoms with E-state index < -0.39 is 25.1 Å². The van der Waals surface area contributed by atoms with Crippen molar-refractivity contribution in [1.82, 2.24) is 5.01 Å². The molecule has 0 bridgehead atoms. The Morgan fingerprint density at radius 1 is 0.892 bits per heavy atom. The number of carbonyl (C=O) groups is 2. The Morgan fingerprint density at radius 2 is 1.62 bits per heavy atom. The van der Waals surface area contributed by atoms with Crippen molar-refractivity contribution < 1.29 is 19.1 Å². The van der Waals surface area contributed by atoms with Crippen molar-refractivity contribution in [3.8, 4) is 11.8 Å². The minimum atomic E-state index is -0.713. The van der Waals surface area contributed by atoms with E-state index in [1.165, 1.54) is 5.01 Å². The van der Waals surface area contributed by atoms with Crippen molar-refractivity contribution in [1.29, 1.82) is 5.26 Å². The summed E-state index contributed by atoms with van der Waals surface area (Å²) in [5.41, 5.74) is 2.98. The standard InChI is InChI=1S/C30H23N3O4/c31-18-25-12-6-7-13-28(25)36-20-30(35)37-19-29(34)33-27(22-9-2-1-3-10-22)17-26(32-33)24-15-14-21-8-4-5-11-23(21)16-24/h1-16,27H,17,19-20H2. The lowest BCUT2D eigenvalue weighted by atomic mass is 9.97. The van der Waals surface area contributed by atoms with Gasteiger partial charge in [0.05, 0.1) is 17.3 Å². The Morgan fingerprint density at radius 3 is 2.43 bits per heavy atom. The fourth-order valence-electron chi connectivity index (χ4n) is 4.29. The van der Waals surface area contributed by atoms with E-state index in [4.69, 9.17) is 14.7 Å². The minimum absolute atomic E-state index is 0.279. The summed E-state index contributed by atoms with van der Waals surface area (Å²) in [6.45, 7) is -0.889. The van der Waals surface area contributed by atoms with E-state index in [-0.39, 0.29) is 11.8 Å². The zero-order valence-corrected chi connectivity index (χ0v) is 19.9. The van der Waals surface area contributed by atoms with E-state index >= 15 is 0 Å². The molecule has 1 heterocycles. The van der Waals surface area contributed by atoms with Gasteiger partial charge in [-0.25, -0.2) is 9.80 Å². The second-order valence-corrected chi connectivity index (χ2v) is 8.53. The van der Waals surface area contributed by atoms with Gasteiger partial charge in [-0.3, -0.25) is 4.79 Å². The van der Waals surface area contributed by atoms with E-state index in [0.717, 1.165) is 27.6 Å². The maximum Gasteiger partial charge on any atom is 0.344 e. The fourth-order valence-corrected chi connectivity index (χ4v) is 4.29. The molecule has 1 aliphatic heterocycles. The number of benzene rings is 4. The summed E-state index contributed by atoms with van der Waals surface area (Å²) in [5.74, 6) is -0.868. The average Bonchev–Trinajstić information content (AvgIpc) is 3.41. The van der Waals surface area contributed by atoms with Crippen molar-refractivity contribution in [3.63, 3.8) is 0 Å². The molecule has 1 atom stereocenters. The molecule has 5 rings (SSSR count). The van der Waals surface area contributed by atoms with Gasteiger partial charge >= 0.3 is 5.97 Å². The number of hydrazone groups is 1. The molecule has 4 aromatic rings. The van der Waals surface area contributed by atoms with Gasteiger partial charge in [0.25, 0.3) is 5.91 Å². The topological polar surface area (TPSA) is 92.0 Å².